The van der Waals surface area contributed by atoms with E-state index < -0.39 is 11.0 Å². The molecule has 3 aromatic rings. The molecule has 6 heteroatoms. The van der Waals surface area contributed by atoms with Crippen LogP contribution in [0.3, 0.4) is 0 Å². The first kappa shape index (κ1) is 17.4. The second-order valence-electron chi connectivity index (χ2n) is 5.93. The molecular weight excluding hydrogens is 332 g/mol. The van der Waals surface area contributed by atoms with E-state index in [2.05, 4.69) is 5.32 Å². The number of carbonyl (C=O) groups excluding carboxylic acids is 1. The lowest BCUT2D eigenvalue weighted by atomic mass is 10.1. The van der Waals surface area contributed by atoms with E-state index in [9.17, 15) is 14.9 Å². The number of nitrogens with zero attached hydrogens (tertiary/aromatic N) is 1. The van der Waals surface area contributed by atoms with Gasteiger partial charge in [-0.05, 0) is 31.4 Å². The summed E-state index contributed by atoms with van der Waals surface area (Å²) in [6, 6.07) is 18.0. The maximum Gasteiger partial charge on any atom is 0.274 e. The minimum absolute atomic E-state index is 0.0366. The predicted molar refractivity (Wildman–Crippen MR) is 101 cm³/mol. The lowest BCUT2D eigenvalue weighted by Crippen LogP contribution is -2.30. The van der Waals surface area contributed by atoms with Gasteiger partial charge in [0, 0.05) is 11.5 Å². The molecule has 0 heterocycles. The molecule has 0 unspecified atom stereocenters. The monoisotopic (exact) mass is 350 g/mol. The molecule has 3 aromatic carbocycles. The molecule has 0 bridgehead atoms. The van der Waals surface area contributed by atoms with E-state index in [1.807, 2.05) is 42.5 Å². The third-order valence-electron chi connectivity index (χ3n) is 4.18. The van der Waals surface area contributed by atoms with Gasteiger partial charge in [-0.2, -0.15) is 0 Å². The molecule has 0 saturated heterocycles. The van der Waals surface area contributed by atoms with E-state index in [4.69, 9.17) is 4.74 Å². The Balaban J connectivity index is 1.78. The van der Waals surface area contributed by atoms with Crippen LogP contribution in [0.25, 0.3) is 10.8 Å². The number of rotatable bonds is 5. The zero-order valence-electron chi connectivity index (χ0n) is 14.4. The van der Waals surface area contributed by atoms with Gasteiger partial charge in [-0.1, -0.05) is 42.5 Å². The van der Waals surface area contributed by atoms with E-state index in [-0.39, 0.29) is 11.6 Å². The molecule has 26 heavy (non-hydrogen) atoms. The molecule has 1 amide bonds. The van der Waals surface area contributed by atoms with Crippen molar-refractivity contribution in [2.45, 2.75) is 20.0 Å². The molecule has 132 valence electrons. The number of hydrogen-bond acceptors (Lipinski definition) is 4. The fraction of sp³-hybridized carbons (Fsp3) is 0.150. The molecule has 3 rings (SSSR count). The van der Waals surface area contributed by atoms with E-state index in [0.717, 1.165) is 10.8 Å². The first-order valence-electron chi connectivity index (χ1n) is 8.16. The minimum Gasteiger partial charge on any atom is -0.480 e. The Morgan fingerprint density at radius 1 is 1.08 bits per heavy atom. The zero-order valence-corrected chi connectivity index (χ0v) is 14.4. The smallest absolute Gasteiger partial charge is 0.274 e. The molecule has 0 aliphatic heterocycles. The Kier molecular flexibility index (Phi) is 4.84. The van der Waals surface area contributed by atoms with Crippen molar-refractivity contribution in [3.8, 4) is 5.75 Å². The van der Waals surface area contributed by atoms with Gasteiger partial charge >= 0.3 is 0 Å². The highest BCUT2D eigenvalue weighted by Crippen LogP contribution is 2.27. The molecule has 0 fully saturated rings. The number of fused-ring (bicyclic) bond motifs is 1. The quantitative estimate of drug-likeness (QED) is 0.544. The van der Waals surface area contributed by atoms with Crippen LogP contribution in [0.15, 0.2) is 60.7 Å². The van der Waals surface area contributed by atoms with Gasteiger partial charge in [-0.25, -0.2) is 0 Å². The topological polar surface area (TPSA) is 81.5 Å². The maximum absolute atomic E-state index is 12.5. The van der Waals surface area contributed by atoms with Crippen molar-refractivity contribution in [3.63, 3.8) is 0 Å². The van der Waals surface area contributed by atoms with Crippen LogP contribution >= 0.6 is 0 Å². The Morgan fingerprint density at radius 3 is 2.54 bits per heavy atom. The normalized spacial score (nSPS) is 11.8. The standard InChI is InChI=1S/C20H18N2O4/c1-13-17(10-6-11-18(13)22(24)25)21-20(23)14(2)26-19-12-5-8-15-7-3-4-9-16(15)19/h3-12,14H,1-2H3,(H,21,23)/t14-/m1/s1. The number of carbonyl (C=O) groups is 1. The van der Waals surface area contributed by atoms with Gasteiger partial charge in [0.05, 0.1) is 16.2 Å². The summed E-state index contributed by atoms with van der Waals surface area (Å²) in [4.78, 5) is 23.0. The van der Waals surface area contributed by atoms with Crippen LogP contribution in [0.4, 0.5) is 11.4 Å². The fourth-order valence-corrected chi connectivity index (χ4v) is 2.73. The summed E-state index contributed by atoms with van der Waals surface area (Å²) in [6.07, 6.45) is -0.764. The molecule has 1 atom stereocenters. The second kappa shape index (κ2) is 7.23. The van der Waals surface area contributed by atoms with Gasteiger partial charge in [-0.15, -0.1) is 0 Å². The number of benzene rings is 3. The number of nitro groups is 1. The van der Waals surface area contributed by atoms with E-state index in [1.165, 1.54) is 12.1 Å². The van der Waals surface area contributed by atoms with Crippen LogP contribution < -0.4 is 10.1 Å². The maximum atomic E-state index is 12.5. The number of nitro benzene ring substituents is 1. The fourth-order valence-electron chi connectivity index (χ4n) is 2.73. The van der Waals surface area contributed by atoms with E-state index in [0.29, 0.717) is 17.0 Å². The van der Waals surface area contributed by atoms with Crippen LogP contribution in [0.5, 0.6) is 5.75 Å². The van der Waals surface area contributed by atoms with Crippen molar-refractivity contribution in [2.75, 3.05) is 5.32 Å². The van der Waals surface area contributed by atoms with Gasteiger partial charge in [0.2, 0.25) is 0 Å². The molecular formula is C20H18N2O4. The van der Waals surface area contributed by atoms with Crippen molar-refractivity contribution < 1.29 is 14.5 Å². The third kappa shape index (κ3) is 3.49. The average Bonchev–Trinajstić information content (AvgIpc) is 2.63. The number of ether oxygens (including phenoxy) is 1. The minimum atomic E-state index is -0.764. The molecule has 1 N–H and O–H groups in total. The van der Waals surface area contributed by atoms with Gasteiger partial charge in [0.15, 0.2) is 6.10 Å². The SMILES string of the molecule is Cc1c(NC(=O)[C@@H](C)Oc2cccc3ccccc23)cccc1[N+](=O)[O-]. The summed E-state index contributed by atoms with van der Waals surface area (Å²) in [5, 5.41) is 15.7. The van der Waals surface area contributed by atoms with Gasteiger partial charge in [0.1, 0.15) is 5.75 Å². The molecule has 6 nitrogen and oxygen atoms in total. The summed E-state index contributed by atoms with van der Waals surface area (Å²) >= 11 is 0. The molecule has 0 aromatic heterocycles. The summed E-state index contributed by atoms with van der Waals surface area (Å²) in [5.74, 6) is 0.239. The van der Waals surface area contributed by atoms with E-state index in [1.54, 1.807) is 19.9 Å². The Hall–Kier alpha value is -3.41. The second-order valence-corrected chi connectivity index (χ2v) is 5.93. The number of nitrogens with one attached hydrogen (secondary N) is 1. The van der Waals surface area contributed by atoms with Crippen LogP contribution in [0.1, 0.15) is 12.5 Å². The molecule has 0 aliphatic rings. The van der Waals surface area contributed by atoms with Gasteiger partial charge in [-0.3, -0.25) is 14.9 Å². The Morgan fingerprint density at radius 2 is 1.77 bits per heavy atom. The van der Waals surface area contributed by atoms with Crippen molar-refractivity contribution in [2.24, 2.45) is 0 Å². The first-order valence-corrected chi connectivity index (χ1v) is 8.16. The summed E-state index contributed by atoms with van der Waals surface area (Å²) < 4.78 is 5.83. The molecule has 0 radical (unpaired) electrons. The van der Waals surface area contributed by atoms with Crippen molar-refractivity contribution in [3.05, 3.63) is 76.3 Å². The van der Waals surface area contributed by atoms with Crippen molar-refractivity contribution in [1.82, 2.24) is 0 Å². The van der Waals surface area contributed by atoms with Crippen LogP contribution in [-0.4, -0.2) is 16.9 Å². The van der Waals surface area contributed by atoms with Gasteiger partial charge < -0.3 is 10.1 Å². The Labute approximate surface area is 150 Å². The summed E-state index contributed by atoms with van der Waals surface area (Å²) in [5.41, 5.74) is 0.770. The van der Waals surface area contributed by atoms with Crippen molar-refractivity contribution >= 4 is 28.1 Å². The highest BCUT2D eigenvalue weighted by Gasteiger charge is 2.19. The van der Waals surface area contributed by atoms with Crippen LogP contribution in [-0.2, 0) is 4.79 Å². The van der Waals surface area contributed by atoms with E-state index >= 15 is 0 Å². The van der Waals surface area contributed by atoms with Crippen LogP contribution in [0, 0.1) is 17.0 Å². The van der Waals surface area contributed by atoms with Crippen molar-refractivity contribution in [1.29, 1.82) is 0 Å². The number of amides is 1. The Bertz CT molecular complexity index is 979. The number of anilines is 1. The lowest BCUT2D eigenvalue weighted by Gasteiger charge is -2.17. The summed E-state index contributed by atoms with van der Waals surface area (Å²) in [7, 11) is 0. The largest absolute Gasteiger partial charge is 0.480 e. The van der Waals surface area contributed by atoms with Crippen LogP contribution in [0.2, 0.25) is 0 Å². The summed E-state index contributed by atoms with van der Waals surface area (Å²) in [6.45, 7) is 3.24. The third-order valence-corrected chi connectivity index (χ3v) is 4.18. The highest BCUT2D eigenvalue weighted by molar-refractivity contribution is 5.96. The molecule has 0 aliphatic carbocycles. The first-order chi connectivity index (χ1) is 12.5. The predicted octanol–water partition coefficient (Wildman–Crippen LogP) is 4.46. The highest BCUT2D eigenvalue weighted by atomic mass is 16.6. The molecule has 0 spiro atoms. The zero-order chi connectivity index (χ0) is 18.7. The molecule has 0 saturated carbocycles. The number of hydrogen-bond donors (Lipinski definition) is 1. The lowest BCUT2D eigenvalue weighted by molar-refractivity contribution is -0.385. The average molecular weight is 350 g/mol. The van der Waals surface area contributed by atoms with Gasteiger partial charge in [0.25, 0.3) is 11.6 Å².